The molecule has 5 nitrogen and oxygen atoms in total. The van der Waals surface area contributed by atoms with Crippen LogP contribution < -0.4 is 10.6 Å². The van der Waals surface area contributed by atoms with Crippen molar-refractivity contribution in [3.63, 3.8) is 0 Å². The lowest BCUT2D eigenvalue weighted by atomic mass is 10.1. The van der Waals surface area contributed by atoms with E-state index in [1.54, 1.807) is 0 Å². The second-order valence-electron chi connectivity index (χ2n) is 6.54. The molecule has 2 N–H and O–H groups in total. The summed E-state index contributed by atoms with van der Waals surface area (Å²) in [4.78, 5) is 14.4. The van der Waals surface area contributed by atoms with Gasteiger partial charge in [0.25, 0.3) is 0 Å². The van der Waals surface area contributed by atoms with E-state index < -0.39 is 0 Å². The second kappa shape index (κ2) is 9.25. The lowest BCUT2D eigenvalue weighted by Crippen LogP contribution is -2.46. The van der Waals surface area contributed by atoms with Gasteiger partial charge >= 0.3 is 6.03 Å². The Morgan fingerprint density at radius 3 is 2.54 bits per heavy atom. The van der Waals surface area contributed by atoms with E-state index in [4.69, 9.17) is 16.3 Å². The number of halogens is 1. The summed E-state index contributed by atoms with van der Waals surface area (Å²) in [6.07, 6.45) is 1.50. The average Bonchev–Trinajstić information content (AvgIpc) is 2.51. The smallest absolute Gasteiger partial charge is 0.315 e. The molecule has 1 aliphatic heterocycles. The normalized spacial score (nSPS) is 22.8. The largest absolute Gasteiger partial charge is 0.373 e. The summed E-state index contributed by atoms with van der Waals surface area (Å²) in [6.45, 7) is 9.73. The van der Waals surface area contributed by atoms with Crippen LogP contribution in [0.1, 0.15) is 38.8 Å². The van der Waals surface area contributed by atoms with Crippen LogP contribution in [-0.2, 0) is 4.74 Å². The highest BCUT2D eigenvalue weighted by atomic mass is 35.5. The van der Waals surface area contributed by atoms with Crippen LogP contribution in [0.25, 0.3) is 0 Å². The zero-order chi connectivity index (χ0) is 17.5. The quantitative estimate of drug-likeness (QED) is 0.772. The predicted octanol–water partition coefficient (Wildman–Crippen LogP) is 3.20. The van der Waals surface area contributed by atoms with Crippen LogP contribution in [0.4, 0.5) is 4.79 Å². The first kappa shape index (κ1) is 19.0. The fourth-order valence-corrected chi connectivity index (χ4v) is 3.18. The highest BCUT2D eigenvalue weighted by molar-refractivity contribution is 6.30. The first-order valence-corrected chi connectivity index (χ1v) is 8.99. The van der Waals surface area contributed by atoms with Crippen LogP contribution in [0.5, 0.6) is 0 Å². The number of benzene rings is 1. The van der Waals surface area contributed by atoms with Gasteiger partial charge in [0.15, 0.2) is 0 Å². The standard InChI is InChI=1S/C18H28ClN3O2/c1-13-11-22(12-14(2)24-13)10-4-9-20-18(23)21-15(3)16-5-7-17(19)8-6-16/h5-8,13-15H,4,9-12H2,1-3H3,(H2,20,21,23). The molecule has 3 atom stereocenters. The molecule has 0 spiro atoms. The number of carbonyl (C=O) groups is 1. The minimum Gasteiger partial charge on any atom is -0.373 e. The Balaban J connectivity index is 1.63. The average molecular weight is 354 g/mol. The molecule has 3 unspecified atom stereocenters. The molecule has 6 heteroatoms. The minimum absolute atomic E-state index is 0.0526. The molecule has 1 aliphatic rings. The van der Waals surface area contributed by atoms with E-state index in [-0.39, 0.29) is 24.3 Å². The van der Waals surface area contributed by atoms with E-state index in [0.29, 0.717) is 11.6 Å². The number of carbonyl (C=O) groups excluding carboxylic acids is 1. The Morgan fingerprint density at radius 1 is 1.29 bits per heavy atom. The summed E-state index contributed by atoms with van der Waals surface area (Å²) in [7, 11) is 0. The van der Waals surface area contributed by atoms with E-state index in [2.05, 4.69) is 29.4 Å². The van der Waals surface area contributed by atoms with Gasteiger partial charge in [0.1, 0.15) is 0 Å². The number of hydrogen-bond acceptors (Lipinski definition) is 3. The molecule has 1 saturated heterocycles. The number of nitrogens with zero attached hydrogens (tertiary/aromatic N) is 1. The van der Waals surface area contributed by atoms with Gasteiger partial charge in [-0.05, 0) is 44.9 Å². The van der Waals surface area contributed by atoms with Crippen molar-refractivity contribution in [2.75, 3.05) is 26.2 Å². The summed E-state index contributed by atoms with van der Waals surface area (Å²) in [5.41, 5.74) is 1.03. The zero-order valence-corrected chi connectivity index (χ0v) is 15.5. The van der Waals surface area contributed by atoms with Crippen LogP contribution >= 0.6 is 11.6 Å². The molecule has 24 heavy (non-hydrogen) atoms. The SMILES string of the molecule is CC1CN(CCCNC(=O)NC(C)c2ccc(Cl)cc2)CC(C)O1. The number of urea groups is 1. The van der Waals surface area contributed by atoms with Gasteiger partial charge in [0.05, 0.1) is 18.2 Å². The zero-order valence-electron chi connectivity index (χ0n) is 14.7. The number of amides is 2. The van der Waals surface area contributed by atoms with Gasteiger partial charge in [0, 0.05) is 31.2 Å². The van der Waals surface area contributed by atoms with Gasteiger partial charge in [-0.15, -0.1) is 0 Å². The van der Waals surface area contributed by atoms with Crippen molar-refractivity contribution in [2.45, 2.75) is 45.4 Å². The van der Waals surface area contributed by atoms with Crippen LogP contribution in [-0.4, -0.2) is 49.3 Å². The number of nitrogens with one attached hydrogen (secondary N) is 2. The van der Waals surface area contributed by atoms with E-state index in [0.717, 1.165) is 31.6 Å². The van der Waals surface area contributed by atoms with Gasteiger partial charge in [0.2, 0.25) is 0 Å². The lowest BCUT2D eigenvalue weighted by molar-refractivity contribution is -0.0679. The topological polar surface area (TPSA) is 53.6 Å². The molecular formula is C18H28ClN3O2. The van der Waals surface area contributed by atoms with Crippen molar-refractivity contribution in [2.24, 2.45) is 0 Å². The van der Waals surface area contributed by atoms with Crippen molar-refractivity contribution in [1.29, 1.82) is 0 Å². The number of ether oxygens (including phenoxy) is 1. The van der Waals surface area contributed by atoms with E-state index in [9.17, 15) is 4.79 Å². The number of rotatable bonds is 6. The molecule has 1 aromatic carbocycles. The molecule has 1 fully saturated rings. The Bertz CT molecular complexity index is 514. The fourth-order valence-electron chi connectivity index (χ4n) is 3.05. The van der Waals surface area contributed by atoms with Gasteiger partial charge < -0.3 is 15.4 Å². The molecule has 2 amide bonds. The predicted molar refractivity (Wildman–Crippen MR) is 97.5 cm³/mol. The van der Waals surface area contributed by atoms with Crippen molar-refractivity contribution >= 4 is 17.6 Å². The first-order valence-electron chi connectivity index (χ1n) is 8.61. The molecule has 134 valence electrons. The molecule has 1 aromatic rings. The summed E-state index contributed by atoms with van der Waals surface area (Å²) in [5, 5.41) is 6.56. The Morgan fingerprint density at radius 2 is 1.92 bits per heavy atom. The second-order valence-corrected chi connectivity index (χ2v) is 6.98. The van der Waals surface area contributed by atoms with Gasteiger partial charge in [-0.1, -0.05) is 23.7 Å². The van der Waals surface area contributed by atoms with Crippen molar-refractivity contribution in [3.05, 3.63) is 34.9 Å². The highest BCUT2D eigenvalue weighted by Gasteiger charge is 2.21. The third-order valence-corrected chi connectivity index (χ3v) is 4.40. The van der Waals surface area contributed by atoms with Gasteiger partial charge in [-0.2, -0.15) is 0 Å². The Kier molecular flexibility index (Phi) is 7.34. The van der Waals surface area contributed by atoms with Crippen molar-refractivity contribution < 1.29 is 9.53 Å². The first-order chi connectivity index (χ1) is 11.4. The minimum atomic E-state index is -0.138. The van der Waals surface area contributed by atoms with E-state index >= 15 is 0 Å². The maximum atomic E-state index is 12.0. The maximum Gasteiger partial charge on any atom is 0.315 e. The van der Waals surface area contributed by atoms with Crippen LogP contribution in [0.3, 0.4) is 0 Å². The number of morpholine rings is 1. The molecular weight excluding hydrogens is 326 g/mol. The Labute approximate surface area is 149 Å². The van der Waals surface area contributed by atoms with Crippen molar-refractivity contribution in [1.82, 2.24) is 15.5 Å². The van der Waals surface area contributed by atoms with Gasteiger partial charge in [-0.25, -0.2) is 4.79 Å². The summed E-state index contributed by atoms with van der Waals surface area (Å²) < 4.78 is 5.72. The summed E-state index contributed by atoms with van der Waals surface area (Å²) >= 11 is 5.88. The van der Waals surface area contributed by atoms with Crippen LogP contribution in [0, 0.1) is 0 Å². The van der Waals surface area contributed by atoms with Crippen LogP contribution in [0.15, 0.2) is 24.3 Å². The molecule has 1 heterocycles. The molecule has 0 saturated carbocycles. The number of hydrogen-bond donors (Lipinski definition) is 2. The van der Waals surface area contributed by atoms with Crippen LogP contribution in [0.2, 0.25) is 5.02 Å². The summed E-state index contributed by atoms with van der Waals surface area (Å²) in [5.74, 6) is 0. The van der Waals surface area contributed by atoms with Gasteiger partial charge in [-0.3, -0.25) is 4.90 Å². The molecule has 0 bridgehead atoms. The molecule has 0 aliphatic carbocycles. The molecule has 0 aromatic heterocycles. The summed E-state index contributed by atoms with van der Waals surface area (Å²) in [6, 6.07) is 7.32. The fraction of sp³-hybridized carbons (Fsp3) is 0.611. The molecule has 0 radical (unpaired) electrons. The van der Waals surface area contributed by atoms with E-state index in [1.165, 1.54) is 0 Å². The Hall–Kier alpha value is -1.30. The monoisotopic (exact) mass is 353 g/mol. The van der Waals surface area contributed by atoms with Crippen molar-refractivity contribution in [3.8, 4) is 0 Å². The molecule has 2 rings (SSSR count). The maximum absolute atomic E-state index is 12.0. The van der Waals surface area contributed by atoms with E-state index in [1.807, 2.05) is 31.2 Å². The highest BCUT2D eigenvalue weighted by Crippen LogP contribution is 2.15. The third kappa shape index (κ3) is 6.30. The lowest BCUT2D eigenvalue weighted by Gasteiger charge is -2.35. The third-order valence-electron chi connectivity index (χ3n) is 4.15.